The topological polar surface area (TPSA) is 44.5 Å². The molecular formula is C17H24FNO2. The van der Waals surface area contributed by atoms with Crippen LogP contribution >= 0.6 is 0 Å². The van der Waals surface area contributed by atoms with Crippen molar-refractivity contribution >= 4 is 0 Å². The fourth-order valence-corrected chi connectivity index (χ4v) is 4.27. The molecule has 0 radical (unpaired) electrons. The Kier molecular flexibility index (Phi) is 4.07. The summed E-state index contributed by atoms with van der Waals surface area (Å²) in [7, 11) is 3.06. The van der Waals surface area contributed by atoms with Crippen molar-refractivity contribution in [3.63, 3.8) is 0 Å². The molecule has 4 unspecified atom stereocenters. The van der Waals surface area contributed by atoms with Crippen molar-refractivity contribution in [3.8, 4) is 11.5 Å². The van der Waals surface area contributed by atoms with Crippen molar-refractivity contribution in [2.75, 3.05) is 14.2 Å². The summed E-state index contributed by atoms with van der Waals surface area (Å²) >= 11 is 0. The first-order chi connectivity index (χ1) is 10.1. The molecule has 0 aromatic heterocycles. The maximum absolute atomic E-state index is 14.3. The summed E-state index contributed by atoms with van der Waals surface area (Å²) in [6, 6.07) is 2.79. The normalized spacial score (nSPS) is 28.7. The first-order valence-electron chi connectivity index (χ1n) is 7.79. The van der Waals surface area contributed by atoms with Crippen LogP contribution in [-0.2, 0) is 0 Å². The number of methoxy groups -OCH3 is 2. The van der Waals surface area contributed by atoms with Crippen molar-refractivity contribution < 1.29 is 13.9 Å². The quantitative estimate of drug-likeness (QED) is 0.901. The minimum Gasteiger partial charge on any atom is -0.493 e. The molecule has 21 heavy (non-hydrogen) atoms. The Morgan fingerprint density at radius 2 is 1.90 bits per heavy atom. The van der Waals surface area contributed by atoms with E-state index in [0.717, 1.165) is 18.3 Å². The molecule has 0 spiro atoms. The van der Waals surface area contributed by atoms with Crippen LogP contribution < -0.4 is 15.2 Å². The fourth-order valence-electron chi connectivity index (χ4n) is 4.27. The van der Waals surface area contributed by atoms with Gasteiger partial charge in [-0.2, -0.15) is 0 Å². The molecule has 0 saturated heterocycles. The van der Waals surface area contributed by atoms with E-state index < -0.39 is 0 Å². The smallest absolute Gasteiger partial charge is 0.163 e. The second-order valence-corrected chi connectivity index (χ2v) is 6.51. The van der Waals surface area contributed by atoms with Gasteiger partial charge >= 0.3 is 0 Å². The van der Waals surface area contributed by atoms with Crippen molar-refractivity contribution in [1.29, 1.82) is 0 Å². The lowest BCUT2D eigenvalue weighted by Crippen LogP contribution is -2.20. The number of hydrogen-bond acceptors (Lipinski definition) is 3. The molecule has 2 N–H and O–H groups in total. The summed E-state index contributed by atoms with van der Waals surface area (Å²) in [6.07, 6.45) is 6.20. The Labute approximate surface area is 125 Å². The minimum absolute atomic E-state index is 0.269. The maximum atomic E-state index is 14.3. The minimum atomic E-state index is -0.302. The predicted octanol–water partition coefficient (Wildman–Crippen LogP) is 3.67. The zero-order valence-corrected chi connectivity index (χ0v) is 12.8. The van der Waals surface area contributed by atoms with Gasteiger partial charge in [0.05, 0.1) is 14.2 Å². The molecule has 2 aliphatic rings. The zero-order chi connectivity index (χ0) is 15.0. The van der Waals surface area contributed by atoms with Crippen LogP contribution in [0.3, 0.4) is 0 Å². The van der Waals surface area contributed by atoms with Crippen LogP contribution in [0.2, 0.25) is 0 Å². The number of nitrogens with two attached hydrogens (primary N) is 1. The van der Waals surface area contributed by atoms with Crippen LogP contribution in [0.15, 0.2) is 12.1 Å². The molecule has 4 heteroatoms. The molecule has 0 heterocycles. The first kappa shape index (κ1) is 14.6. The lowest BCUT2D eigenvalue weighted by molar-refractivity contribution is 0.293. The summed E-state index contributed by atoms with van der Waals surface area (Å²) in [5.41, 5.74) is 6.82. The van der Waals surface area contributed by atoms with Crippen LogP contribution in [0.4, 0.5) is 4.39 Å². The van der Waals surface area contributed by atoms with Crippen LogP contribution in [0.5, 0.6) is 11.5 Å². The number of rotatable bonds is 5. The van der Waals surface area contributed by atoms with E-state index in [1.807, 2.05) is 0 Å². The molecule has 1 aromatic carbocycles. The highest BCUT2D eigenvalue weighted by Crippen LogP contribution is 2.51. The van der Waals surface area contributed by atoms with Crippen LogP contribution in [-0.4, -0.2) is 14.2 Å². The lowest BCUT2D eigenvalue weighted by Gasteiger charge is -2.25. The zero-order valence-electron chi connectivity index (χ0n) is 12.8. The van der Waals surface area contributed by atoms with Gasteiger partial charge in [0.25, 0.3) is 0 Å². The second kappa shape index (κ2) is 5.84. The van der Waals surface area contributed by atoms with Gasteiger partial charge in [-0.05, 0) is 49.5 Å². The second-order valence-electron chi connectivity index (χ2n) is 6.51. The van der Waals surface area contributed by atoms with E-state index in [2.05, 4.69) is 0 Å². The van der Waals surface area contributed by atoms with Gasteiger partial charge in [0.15, 0.2) is 11.5 Å². The predicted molar refractivity (Wildman–Crippen MR) is 80.0 cm³/mol. The lowest BCUT2D eigenvalue weighted by atomic mass is 9.83. The summed E-state index contributed by atoms with van der Waals surface area (Å²) in [4.78, 5) is 0. The van der Waals surface area contributed by atoms with Crippen molar-refractivity contribution in [2.24, 2.45) is 23.5 Å². The number of ether oxygens (including phenoxy) is 2. The van der Waals surface area contributed by atoms with E-state index in [-0.39, 0.29) is 11.9 Å². The van der Waals surface area contributed by atoms with Crippen LogP contribution in [0.25, 0.3) is 0 Å². The number of hydrogen-bond donors (Lipinski definition) is 1. The number of benzene rings is 1. The molecular weight excluding hydrogens is 269 g/mol. The van der Waals surface area contributed by atoms with Crippen molar-refractivity contribution in [1.82, 2.24) is 0 Å². The van der Waals surface area contributed by atoms with E-state index in [0.29, 0.717) is 23.0 Å². The van der Waals surface area contributed by atoms with Gasteiger partial charge in [-0.1, -0.05) is 6.42 Å². The van der Waals surface area contributed by atoms with Gasteiger partial charge < -0.3 is 15.2 Å². The largest absolute Gasteiger partial charge is 0.493 e. The highest BCUT2D eigenvalue weighted by molar-refractivity contribution is 5.44. The van der Waals surface area contributed by atoms with E-state index in [9.17, 15) is 4.39 Å². The standard InChI is InChI=1S/C17H24FNO2/c1-20-16-8-13(14(18)9-17(16)21-2)15(19)7-12-6-10-3-4-11(12)5-10/h8-12,15H,3-7,19H2,1-2H3. The van der Waals surface area contributed by atoms with Crippen molar-refractivity contribution in [3.05, 3.63) is 23.5 Å². The molecule has 2 aliphatic carbocycles. The van der Waals surface area contributed by atoms with E-state index in [4.69, 9.17) is 15.2 Å². The Morgan fingerprint density at radius 1 is 1.19 bits per heavy atom. The fraction of sp³-hybridized carbons (Fsp3) is 0.647. The SMILES string of the molecule is COc1cc(F)c(C(N)CC2CC3CCC2C3)cc1OC. The Hall–Kier alpha value is -1.29. The molecule has 1 aromatic rings. The molecule has 3 rings (SSSR count). The maximum Gasteiger partial charge on any atom is 0.163 e. The molecule has 4 atom stereocenters. The highest BCUT2D eigenvalue weighted by Gasteiger charge is 2.40. The third-order valence-corrected chi connectivity index (χ3v) is 5.34. The van der Waals surface area contributed by atoms with Gasteiger partial charge in [-0.25, -0.2) is 4.39 Å². The monoisotopic (exact) mass is 293 g/mol. The highest BCUT2D eigenvalue weighted by atomic mass is 19.1. The first-order valence-corrected chi connectivity index (χ1v) is 7.79. The molecule has 0 amide bonds. The van der Waals surface area contributed by atoms with Gasteiger partial charge in [0.1, 0.15) is 5.82 Å². The molecule has 0 aliphatic heterocycles. The van der Waals surface area contributed by atoms with Gasteiger partial charge in [0, 0.05) is 17.7 Å². The van der Waals surface area contributed by atoms with Gasteiger partial charge in [-0.3, -0.25) is 0 Å². The Balaban J connectivity index is 1.76. The number of fused-ring (bicyclic) bond motifs is 2. The molecule has 3 nitrogen and oxygen atoms in total. The Bertz CT molecular complexity index is 520. The third kappa shape index (κ3) is 2.73. The summed E-state index contributed by atoms with van der Waals surface area (Å²) < 4.78 is 24.6. The molecule has 116 valence electrons. The third-order valence-electron chi connectivity index (χ3n) is 5.34. The van der Waals surface area contributed by atoms with Gasteiger partial charge in [-0.15, -0.1) is 0 Å². The molecule has 2 bridgehead atoms. The van der Waals surface area contributed by atoms with Gasteiger partial charge in [0.2, 0.25) is 0 Å². The summed E-state index contributed by atoms with van der Waals surface area (Å²) in [5.74, 6) is 3.00. The molecule has 2 saturated carbocycles. The Morgan fingerprint density at radius 3 is 2.48 bits per heavy atom. The van der Waals surface area contributed by atoms with Crippen molar-refractivity contribution in [2.45, 2.75) is 38.1 Å². The van der Waals surface area contributed by atoms with E-state index >= 15 is 0 Å². The van der Waals surface area contributed by atoms with E-state index in [1.54, 1.807) is 13.2 Å². The summed E-state index contributed by atoms with van der Waals surface area (Å²) in [5, 5.41) is 0. The average Bonchev–Trinajstić information content (AvgIpc) is 3.09. The van der Waals surface area contributed by atoms with Crippen LogP contribution in [0, 0.1) is 23.6 Å². The average molecular weight is 293 g/mol. The summed E-state index contributed by atoms with van der Waals surface area (Å²) in [6.45, 7) is 0. The number of halogens is 1. The van der Waals surface area contributed by atoms with E-state index in [1.165, 1.54) is 38.9 Å². The van der Waals surface area contributed by atoms with Crippen LogP contribution in [0.1, 0.15) is 43.7 Å². The molecule has 2 fully saturated rings.